The van der Waals surface area contributed by atoms with Gasteiger partial charge in [-0.3, -0.25) is 4.79 Å². The molecule has 0 aliphatic carbocycles. The van der Waals surface area contributed by atoms with Gasteiger partial charge in [-0.15, -0.1) is 0 Å². The molecule has 1 aliphatic rings. The summed E-state index contributed by atoms with van der Waals surface area (Å²) in [5, 5.41) is 0. The molecule has 0 saturated carbocycles. The van der Waals surface area contributed by atoms with E-state index in [2.05, 4.69) is 11.9 Å². The van der Waals surface area contributed by atoms with Crippen molar-refractivity contribution in [3.05, 3.63) is 29.6 Å². The lowest BCUT2D eigenvalue weighted by molar-refractivity contribution is 0.101. The van der Waals surface area contributed by atoms with Gasteiger partial charge in [0.05, 0.1) is 12.2 Å². The van der Waals surface area contributed by atoms with E-state index in [4.69, 9.17) is 4.74 Å². The number of hydrogen-bond donors (Lipinski definition) is 0. The molecule has 1 heterocycles. The fourth-order valence-corrected chi connectivity index (χ4v) is 2.57. The first-order valence-electron chi connectivity index (χ1n) is 6.72. The third-order valence-electron chi connectivity index (χ3n) is 3.72. The quantitative estimate of drug-likeness (QED) is 0.767. The maximum Gasteiger partial charge on any atom is 0.165 e. The van der Waals surface area contributed by atoms with Crippen LogP contribution in [0.15, 0.2) is 18.2 Å². The third kappa shape index (κ3) is 3.32. The van der Waals surface area contributed by atoms with Crippen LogP contribution in [0.25, 0.3) is 0 Å². The number of hydrogen-bond acceptors (Lipinski definition) is 3. The van der Waals surface area contributed by atoms with Crippen LogP contribution in [0.4, 0.5) is 4.39 Å². The molecule has 0 bridgehead atoms. The Balaban J connectivity index is 1.97. The largest absolute Gasteiger partial charge is 0.490 e. The highest BCUT2D eigenvalue weighted by Gasteiger charge is 2.21. The molecule has 0 aromatic heterocycles. The number of carbonyl (C=O) groups excluding carboxylic acids is 1. The van der Waals surface area contributed by atoms with E-state index in [1.165, 1.54) is 25.5 Å². The summed E-state index contributed by atoms with van der Waals surface area (Å²) in [6.45, 7) is 2.98. The van der Waals surface area contributed by atoms with Gasteiger partial charge < -0.3 is 9.64 Å². The van der Waals surface area contributed by atoms with Crippen LogP contribution in [0.2, 0.25) is 0 Å². The maximum atomic E-state index is 13.7. The zero-order valence-electron chi connectivity index (χ0n) is 11.5. The first-order valence-corrected chi connectivity index (χ1v) is 6.72. The number of halogens is 1. The van der Waals surface area contributed by atoms with E-state index in [9.17, 15) is 9.18 Å². The lowest BCUT2D eigenvalue weighted by Crippen LogP contribution is -2.26. The van der Waals surface area contributed by atoms with Gasteiger partial charge in [0.15, 0.2) is 17.3 Å². The molecule has 104 valence electrons. The molecule has 0 spiro atoms. The molecule has 1 aromatic carbocycles. The molecule has 1 aliphatic heterocycles. The lowest BCUT2D eigenvalue weighted by atomic mass is 10.1. The van der Waals surface area contributed by atoms with Crippen molar-refractivity contribution >= 4 is 5.78 Å². The molecule has 1 saturated heterocycles. The fourth-order valence-electron chi connectivity index (χ4n) is 2.57. The molecular weight excluding hydrogens is 245 g/mol. The van der Waals surface area contributed by atoms with Gasteiger partial charge in [0, 0.05) is 6.04 Å². The van der Waals surface area contributed by atoms with E-state index in [1.54, 1.807) is 6.07 Å². The number of para-hydroxylation sites is 1. The van der Waals surface area contributed by atoms with Crippen molar-refractivity contribution < 1.29 is 13.9 Å². The van der Waals surface area contributed by atoms with Crippen molar-refractivity contribution in [3.8, 4) is 5.75 Å². The Hall–Kier alpha value is -1.42. The summed E-state index contributed by atoms with van der Waals surface area (Å²) >= 11 is 0. The molecule has 1 aromatic rings. The molecule has 0 radical (unpaired) electrons. The van der Waals surface area contributed by atoms with Gasteiger partial charge in [-0.1, -0.05) is 6.07 Å². The molecule has 4 heteroatoms. The number of carbonyl (C=O) groups is 1. The van der Waals surface area contributed by atoms with Gasteiger partial charge in [-0.2, -0.15) is 0 Å². The molecule has 3 nitrogen and oxygen atoms in total. The number of likely N-dealkylation sites (tertiary alicyclic amines) is 1. The average Bonchev–Trinajstić information content (AvgIpc) is 2.77. The predicted molar refractivity (Wildman–Crippen MR) is 72.2 cm³/mol. The average molecular weight is 265 g/mol. The summed E-state index contributed by atoms with van der Waals surface area (Å²) < 4.78 is 19.2. The summed E-state index contributed by atoms with van der Waals surface area (Å²) in [5.41, 5.74) is 0.319. The van der Waals surface area contributed by atoms with Gasteiger partial charge in [0.25, 0.3) is 0 Å². The highest BCUT2D eigenvalue weighted by Crippen LogP contribution is 2.24. The zero-order valence-corrected chi connectivity index (χ0v) is 11.5. The summed E-state index contributed by atoms with van der Waals surface area (Å²) in [5.74, 6) is -0.546. The molecule has 0 N–H and O–H groups in total. The first-order chi connectivity index (χ1) is 9.09. The summed E-state index contributed by atoms with van der Waals surface area (Å²) in [6.07, 6.45) is 3.23. The Labute approximate surface area is 113 Å². The van der Waals surface area contributed by atoms with E-state index < -0.39 is 5.82 Å². The first kappa shape index (κ1) is 14.0. The summed E-state index contributed by atoms with van der Waals surface area (Å²) in [4.78, 5) is 13.7. The predicted octanol–water partition coefficient (Wildman–Crippen LogP) is 2.89. The molecule has 0 amide bonds. The van der Waals surface area contributed by atoms with Crippen LogP contribution in [-0.4, -0.2) is 36.9 Å². The minimum absolute atomic E-state index is 0.0932. The Bertz CT molecular complexity index is 461. The molecule has 19 heavy (non-hydrogen) atoms. The van der Waals surface area contributed by atoms with E-state index in [0.717, 1.165) is 19.4 Å². The van der Waals surface area contributed by atoms with Crippen LogP contribution in [-0.2, 0) is 0 Å². The highest BCUT2D eigenvalue weighted by atomic mass is 19.1. The number of ketones is 1. The second-order valence-corrected chi connectivity index (χ2v) is 5.09. The number of Topliss-reactive ketones (excluding diaryl/α,β-unsaturated/α-hetero) is 1. The summed E-state index contributed by atoms with van der Waals surface area (Å²) in [6, 6.07) is 4.96. The lowest BCUT2D eigenvalue weighted by Gasteiger charge is -2.19. The van der Waals surface area contributed by atoms with Crippen LogP contribution in [0.5, 0.6) is 5.75 Å². The smallest absolute Gasteiger partial charge is 0.165 e. The third-order valence-corrected chi connectivity index (χ3v) is 3.72. The van der Waals surface area contributed by atoms with E-state index in [-0.39, 0.29) is 11.5 Å². The van der Waals surface area contributed by atoms with E-state index >= 15 is 0 Å². The Morgan fingerprint density at radius 3 is 2.95 bits per heavy atom. The van der Waals surface area contributed by atoms with Gasteiger partial charge >= 0.3 is 0 Å². The topological polar surface area (TPSA) is 29.5 Å². The highest BCUT2D eigenvalue weighted by molar-refractivity contribution is 5.96. The van der Waals surface area contributed by atoms with Crippen molar-refractivity contribution in [1.29, 1.82) is 0 Å². The van der Waals surface area contributed by atoms with Gasteiger partial charge in [-0.05, 0) is 51.9 Å². The van der Waals surface area contributed by atoms with E-state index in [1.807, 2.05) is 0 Å². The molecular formula is C15H20FNO2. The monoisotopic (exact) mass is 265 g/mol. The molecule has 1 fully saturated rings. The van der Waals surface area contributed by atoms with Crippen molar-refractivity contribution in [2.45, 2.75) is 32.2 Å². The van der Waals surface area contributed by atoms with Crippen molar-refractivity contribution in [2.75, 3.05) is 20.2 Å². The van der Waals surface area contributed by atoms with Crippen LogP contribution < -0.4 is 4.74 Å². The Morgan fingerprint density at radius 1 is 1.53 bits per heavy atom. The van der Waals surface area contributed by atoms with Crippen LogP contribution in [0.1, 0.15) is 36.5 Å². The minimum Gasteiger partial charge on any atom is -0.490 e. The second kappa shape index (κ2) is 6.15. The van der Waals surface area contributed by atoms with Gasteiger partial charge in [0.1, 0.15) is 0 Å². The normalized spacial score (nSPS) is 19.6. The van der Waals surface area contributed by atoms with Gasteiger partial charge in [0.2, 0.25) is 0 Å². The SMILES string of the molecule is CC(=O)c1cccc(F)c1OCCC1CCCN1C. The number of benzene rings is 1. The number of ether oxygens (including phenoxy) is 1. The van der Waals surface area contributed by atoms with Crippen molar-refractivity contribution in [2.24, 2.45) is 0 Å². The number of nitrogens with zero attached hydrogens (tertiary/aromatic N) is 1. The van der Waals surface area contributed by atoms with Crippen molar-refractivity contribution in [1.82, 2.24) is 4.90 Å². The van der Waals surface area contributed by atoms with Crippen LogP contribution >= 0.6 is 0 Å². The Morgan fingerprint density at radius 2 is 2.32 bits per heavy atom. The second-order valence-electron chi connectivity index (χ2n) is 5.09. The van der Waals surface area contributed by atoms with Crippen LogP contribution in [0, 0.1) is 5.82 Å². The van der Waals surface area contributed by atoms with Crippen LogP contribution in [0.3, 0.4) is 0 Å². The minimum atomic E-state index is -0.465. The van der Waals surface area contributed by atoms with Crippen molar-refractivity contribution in [3.63, 3.8) is 0 Å². The van der Waals surface area contributed by atoms with E-state index in [0.29, 0.717) is 18.2 Å². The fraction of sp³-hybridized carbons (Fsp3) is 0.533. The zero-order chi connectivity index (χ0) is 13.8. The maximum absolute atomic E-state index is 13.7. The molecule has 1 atom stereocenters. The van der Waals surface area contributed by atoms with Gasteiger partial charge in [-0.25, -0.2) is 4.39 Å². The molecule has 1 unspecified atom stereocenters. The molecule has 2 rings (SSSR count). The Kier molecular flexibility index (Phi) is 4.53. The number of rotatable bonds is 5. The summed E-state index contributed by atoms with van der Waals surface area (Å²) in [7, 11) is 2.10. The standard InChI is InChI=1S/C15H20FNO2/c1-11(18)13-6-3-7-14(16)15(13)19-10-8-12-5-4-9-17(12)2/h3,6-7,12H,4-5,8-10H2,1-2H3.